The summed E-state index contributed by atoms with van der Waals surface area (Å²) in [5, 5.41) is 7.33. The van der Waals surface area contributed by atoms with Crippen molar-refractivity contribution in [3.8, 4) is 11.5 Å². The Morgan fingerprint density at radius 2 is 2.00 bits per heavy atom. The first-order valence-electron chi connectivity index (χ1n) is 9.53. The van der Waals surface area contributed by atoms with Gasteiger partial charge in [-0.3, -0.25) is 0 Å². The van der Waals surface area contributed by atoms with Crippen LogP contribution in [0.3, 0.4) is 0 Å². The van der Waals surface area contributed by atoms with Gasteiger partial charge in [0, 0.05) is 11.3 Å². The van der Waals surface area contributed by atoms with Crippen LogP contribution in [0.2, 0.25) is 0 Å². The van der Waals surface area contributed by atoms with Crippen molar-refractivity contribution in [3.05, 3.63) is 77.0 Å². The minimum absolute atomic E-state index is 0.0510. The Hall–Kier alpha value is -3.88. The van der Waals surface area contributed by atoms with Gasteiger partial charge in [-0.1, -0.05) is 24.3 Å². The summed E-state index contributed by atoms with van der Waals surface area (Å²) < 4.78 is 31.8. The molecule has 31 heavy (non-hydrogen) atoms. The summed E-state index contributed by atoms with van der Waals surface area (Å²) in [7, 11) is 2.84. The maximum atomic E-state index is 13.9. The van der Waals surface area contributed by atoms with Crippen molar-refractivity contribution in [3.63, 3.8) is 0 Å². The lowest BCUT2D eigenvalue weighted by atomic mass is 9.95. The molecule has 0 saturated heterocycles. The molecule has 2 aromatic carbocycles. The van der Waals surface area contributed by atoms with Gasteiger partial charge < -0.3 is 19.5 Å². The van der Waals surface area contributed by atoms with Gasteiger partial charge in [-0.15, -0.1) is 0 Å². The van der Waals surface area contributed by atoms with Gasteiger partial charge in [0.1, 0.15) is 24.8 Å². The first-order chi connectivity index (χ1) is 15.0. The molecule has 8 nitrogen and oxygen atoms in total. The molecule has 0 bridgehead atoms. The Kier molecular flexibility index (Phi) is 5.57. The molecule has 0 radical (unpaired) electrons. The Morgan fingerprint density at radius 1 is 1.19 bits per heavy atom. The van der Waals surface area contributed by atoms with E-state index in [2.05, 4.69) is 15.4 Å². The monoisotopic (exact) mass is 424 g/mol. The molecule has 0 aliphatic carbocycles. The second kappa shape index (κ2) is 8.47. The number of methoxy groups -OCH3 is 2. The maximum absolute atomic E-state index is 13.9. The second-order valence-electron chi connectivity index (χ2n) is 6.88. The zero-order valence-corrected chi connectivity index (χ0v) is 17.3. The molecule has 0 saturated carbocycles. The normalized spacial score (nSPS) is 15.2. The number of carbonyl (C=O) groups excluding carboxylic acids is 1. The molecule has 1 aromatic heterocycles. The lowest BCUT2D eigenvalue weighted by Gasteiger charge is -2.28. The van der Waals surface area contributed by atoms with Crippen LogP contribution >= 0.6 is 0 Å². The van der Waals surface area contributed by atoms with Crippen molar-refractivity contribution in [1.29, 1.82) is 0 Å². The number of nitrogens with zero attached hydrogens (tertiary/aromatic N) is 3. The van der Waals surface area contributed by atoms with Gasteiger partial charge >= 0.3 is 5.97 Å². The first kappa shape index (κ1) is 20.4. The molecule has 0 spiro atoms. The number of esters is 1. The van der Waals surface area contributed by atoms with E-state index in [0.29, 0.717) is 34.3 Å². The highest BCUT2D eigenvalue weighted by atomic mass is 19.1. The van der Waals surface area contributed by atoms with Crippen LogP contribution in [-0.2, 0) is 16.1 Å². The van der Waals surface area contributed by atoms with E-state index in [4.69, 9.17) is 14.2 Å². The second-order valence-corrected chi connectivity index (χ2v) is 6.88. The summed E-state index contributed by atoms with van der Waals surface area (Å²) in [6, 6.07) is 11.1. The molecule has 1 N–H and O–H groups in total. The quantitative estimate of drug-likeness (QED) is 0.606. The van der Waals surface area contributed by atoms with Crippen molar-refractivity contribution in [2.24, 2.45) is 0 Å². The number of benzene rings is 2. The predicted molar refractivity (Wildman–Crippen MR) is 110 cm³/mol. The van der Waals surface area contributed by atoms with E-state index in [1.54, 1.807) is 48.0 Å². The zero-order chi connectivity index (χ0) is 22.0. The van der Waals surface area contributed by atoms with E-state index < -0.39 is 12.0 Å². The number of allylic oxidation sites excluding steroid dienone is 1. The van der Waals surface area contributed by atoms with E-state index in [9.17, 15) is 9.18 Å². The number of hydrogen-bond acceptors (Lipinski definition) is 7. The molecule has 4 rings (SSSR count). The lowest BCUT2D eigenvalue weighted by Crippen LogP contribution is -2.29. The number of halogens is 1. The van der Waals surface area contributed by atoms with Gasteiger partial charge in [-0.05, 0) is 30.7 Å². The van der Waals surface area contributed by atoms with Crippen LogP contribution in [0.25, 0.3) is 0 Å². The number of anilines is 1. The number of rotatable bonds is 6. The summed E-state index contributed by atoms with van der Waals surface area (Å²) in [6.45, 7) is 1.83. The van der Waals surface area contributed by atoms with Crippen LogP contribution in [0.1, 0.15) is 24.1 Å². The van der Waals surface area contributed by atoms with Crippen LogP contribution in [0.5, 0.6) is 11.5 Å². The first-order valence-corrected chi connectivity index (χ1v) is 9.53. The van der Waals surface area contributed by atoms with Crippen LogP contribution in [0.15, 0.2) is 60.1 Å². The molecule has 1 atom stereocenters. The maximum Gasteiger partial charge on any atom is 0.338 e. The average Bonchev–Trinajstić information content (AvgIpc) is 3.25. The summed E-state index contributed by atoms with van der Waals surface area (Å²) in [4.78, 5) is 16.7. The van der Waals surface area contributed by atoms with Crippen molar-refractivity contribution >= 4 is 11.9 Å². The highest BCUT2D eigenvalue weighted by Crippen LogP contribution is 2.39. The highest BCUT2D eigenvalue weighted by molar-refractivity contribution is 5.92. The summed E-state index contributed by atoms with van der Waals surface area (Å²) in [5.74, 6) is 0.581. The number of aromatic nitrogens is 3. The number of carbonyl (C=O) groups is 1. The van der Waals surface area contributed by atoms with Crippen LogP contribution < -0.4 is 14.8 Å². The minimum Gasteiger partial charge on any atom is -0.493 e. The van der Waals surface area contributed by atoms with Crippen LogP contribution in [0, 0.1) is 5.82 Å². The number of ether oxygens (including phenoxy) is 3. The molecule has 0 unspecified atom stereocenters. The number of fused-ring (bicyclic) bond motifs is 1. The summed E-state index contributed by atoms with van der Waals surface area (Å²) >= 11 is 0. The van der Waals surface area contributed by atoms with Crippen molar-refractivity contribution in [2.75, 3.05) is 19.5 Å². The topological polar surface area (TPSA) is 87.5 Å². The highest BCUT2D eigenvalue weighted by Gasteiger charge is 2.34. The van der Waals surface area contributed by atoms with E-state index >= 15 is 0 Å². The third-order valence-electron chi connectivity index (χ3n) is 5.04. The average molecular weight is 424 g/mol. The Balaban J connectivity index is 1.69. The molecule has 1 aliphatic rings. The fourth-order valence-electron chi connectivity index (χ4n) is 3.52. The Morgan fingerprint density at radius 3 is 2.74 bits per heavy atom. The third-order valence-corrected chi connectivity index (χ3v) is 5.04. The minimum atomic E-state index is -0.569. The smallest absolute Gasteiger partial charge is 0.338 e. The fraction of sp³-hybridized carbons (Fsp3) is 0.227. The van der Waals surface area contributed by atoms with E-state index in [-0.39, 0.29) is 12.4 Å². The Labute approximate surface area is 178 Å². The molecule has 160 valence electrons. The van der Waals surface area contributed by atoms with E-state index in [0.717, 1.165) is 5.56 Å². The van der Waals surface area contributed by atoms with Gasteiger partial charge in [-0.25, -0.2) is 13.9 Å². The van der Waals surface area contributed by atoms with Crippen LogP contribution in [0.4, 0.5) is 10.3 Å². The molecular formula is C22H21FN4O4. The van der Waals surface area contributed by atoms with Gasteiger partial charge in [0.25, 0.3) is 0 Å². The molecule has 9 heteroatoms. The molecule has 1 aliphatic heterocycles. The largest absolute Gasteiger partial charge is 0.493 e. The molecule has 2 heterocycles. The van der Waals surface area contributed by atoms with E-state index in [1.807, 2.05) is 0 Å². The SMILES string of the molecule is COC(=O)C1=C(C)Nc2ncnn2[C@H]1c1ccc(OCc2ccccc2F)c(OC)c1. The van der Waals surface area contributed by atoms with Crippen LogP contribution in [-0.4, -0.2) is 35.0 Å². The van der Waals surface area contributed by atoms with Gasteiger partial charge in [0.15, 0.2) is 11.5 Å². The lowest BCUT2D eigenvalue weighted by molar-refractivity contribution is -0.136. The number of nitrogens with one attached hydrogen (secondary N) is 1. The van der Waals surface area contributed by atoms with Crippen molar-refractivity contribution in [1.82, 2.24) is 14.8 Å². The summed E-state index contributed by atoms with van der Waals surface area (Å²) in [5.41, 5.74) is 2.19. The van der Waals surface area contributed by atoms with Gasteiger partial charge in [-0.2, -0.15) is 10.1 Å². The fourth-order valence-corrected chi connectivity index (χ4v) is 3.52. The summed E-state index contributed by atoms with van der Waals surface area (Å²) in [6.07, 6.45) is 1.41. The van der Waals surface area contributed by atoms with Crippen molar-refractivity contribution < 1.29 is 23.4 Å². The Bertz CT molecular complexity index is 1160. The molecular weight excluding hydrogens is 403 g/mol. The van der Waals surface area contributed by atoms with E-state index in [1.165, 1.54) is 26.6 Å². The molecule has 0 fully saturated rings. The molecule has 0 amide bonds. The predicted octanol–water partition coefficient (Wildman–Crippen LogP) is 3.47. The standard InChI is InChI=1S/C22H21FN4O4/c1-13-19(21(28)30-3)20(27-22(26-13)24-12-25-27)14-8-9-17(18(10-14)29-2)31-11-15-6-4-5-7-16(15)23/h4-10,12,20H,11H2,1-3H3,(H,24,25,26)/t20-/m0/s1. The third kappa shape index (κ3) is 3.81. The van der Waals surface area contributed by atoms with Crippen molar-refractivity contribution in [2.45, 2.75) is 19.6 Å². The number of hydrogen-bond donors (Lipinski definition) is 1. The molecule has 3 aromatic rings. The van der Waals surface area contributed by atoms with Gasteiger partial charge in [0.2, 0.25) is 5.95 Å². The zero-order valence-electron chi connectivity index (χ0n) is 17.3. The van der Waals surface area contributed by atoms with Gasteiger partial charge in [0.05, 0.1) is 19.8 Å².